The van der Waals surface area contributed by atoms with Crippen LogP contribution in [0.15, 0.2) is 47.4 Å². The van der Waals surface area contributed by atoms with Crippen LogP contribution in [0.5, 0.6) is 5.75 Å². The fourth-order valence-corrected chi connectivity index (χ4v) is 3.86. The molecule has 2 N–H and O–H groups in total. The van der Waals surface area contributed by atoms with Crippen LogP contribution in [0.4, 0.5) is 0 Å². The van der Waals surface area contributed by atoms with E-state index >= 15 is 0 Å². The van der Waals surface area contributed by atoms with E-state index < -0.39 is 10.0 Å². The zero-order valence-corrected chi connectivity index (χ0v) is 16.0. The van der Waals surface area contributed by atoms with Gasteiger partial charge >= 0.3 is 0 Å². The average Bonchev–Trinajstić information content (AvgIpc) is 2.62. The molecule has 0 bridgehead atoms. The lowest BCUT2D eigenvalue weighted by molar-refractivity contribution is -0.119. The van der Waals surface area contributed by atoms with Gasteiger partial charge in [-0.3, -0.25) is 4.79 Å². The van der Waals surface area contributed by atoms with E-state index in [1.807, 2.05) is 30.3 Å². The normalized spacial score (nSPS) is 11.2. The maximum absolute atomic E-state index is 12.5. The number of benzene rings is 2. The summed E-state index contributed by atoms with van der Waals surface area (Å²) in [6.07, 6.45) is 0.691. The highest BCUT2D eigenvalue weighted by Gasteiger charge is 2.19. The summed E-state index contributed by atoms with van der Waals surface area (Å²) in [6, 6.07) is 13.0. The summed E-state index contributed by atoms with van der Waals surface area (Å²) in [7, 11) is -2.24. The highest BCUT2D eigenvalue weighted by Crippen LogP contribution is 2.25. The lowest BCUT2D eigenvalue weighted by atomic mass is 10.1. The van der Waals surface area contributed by atoms with Crippen LogP contribution in [0, 0.1) is 13.8 Å². The first-order valence-corrected chi connectivity index (χ1v) is 9.77. The van der Waals surface area contributed by atoms with Gasteiger partial charge in [0, 0.05) is 6.54 Å². The van der Waals surface area contributed by atoms with E-state index in [4.69, 9.17) is 4.74 Å². The molecule has 0 aliphatic carbocycles. The molecule has 0 heterocycles. The minimum Gasteiger partial charge on any atom is -0.496 e. The molecule has 0 aliphatic heterocycles. The van der Waals surface area contributed by atoms with Gasteiger partial charge in [-0.05, 0) is 49.1 Å². The van der Waals surface area contributed by atoms with Gasteiger partial charge in [0.1, 0.15) is 5.75 Å². The van der Waals surface area contributed by atoms with Gasteiger partial charge in [-0.1, -0.05) is 30.3 Å². The topological polar surface area (TPSA) is 84.5 Å². The minimum absolute atomic E-state index is 0.146. The first-order chi connectivity index (χ1) is 12.3. The van der Waals surface area contributed by atoms with E-state index in [9.17, 15) is 13.2 Å². The molecule has 0 aromatic heterocycles. The molecule has 2 rings (SSSR count). The van der Waals surface area contributed by atoms with Crippen molar-refractivity contribution in [1.82, 2.24) is 10.0 Å². The van der Waals surface area contributed by atoms with Crippen molar-refractivity contribution < 1.29 is 17.9 Å². The zero-order chi connectivity index (χ0) is 19.2. The maximum Gasteiger partial charge on any atom is 0.241 e. The number of ether oxygens (including phenoxy) is 1. The van der Waals surface area contributed by atoms with Crippen LogP contribution in [0.25, 0.3) is 0 Å². The van der Waals surface area contributed by atoms with Gasteiger partial charge in [0.15, 0.2) is 0 Å². The smallest absolute Gasteiger partial charge is 0.241 e. The van der Waals surface area contributed by atoms with Gasteiger partial charge in [0.25, 0.3) is 0 Å². The molecular formula is C19H24N2O4S. The van der Waals surface area contributed by atoms with Crippen LogP contribution in [-0.2, 0) is 21.2 Å². The fraction of sp³-hybridized carbons (Fsp3) is 0.316. The van der Waals surface area contributed by atoms with E-state index in [-0.39, 0.29) is 17.3 Å². The molecule has 26 heavy (non-hydrogen) atoms. The predicted molar refractivity (Wildman–Crippen MR) is 101 cm³/mol. The number of nitrogens with one attached hydrogen (secondary N) is 2. The molecule has 0 saturated carbocycles. The second kappa shape index (κ2) is 8.82. The van der Waals surface area contributed by atoms with Crippen LogP contribution in [0.2, 0.25) is 0 Å². The summed E-state index contributed by atoms with van der Waals surface area (Å²) in [5.74, 6) is 0.257. The molecule has 1 amide bonds. The van der Waals surface area contributed by atoms with Crippen molar-refractivity contribution in [2.45, 2.75) is 25.2 Å². The molecule has 2 aromatic rings. The van der Waals surface area contributed by atoms with E-state index in [1.54, 1.807) is 26.0 Å². The van der Waals surface area contributed by atoms with Crippen molar-refractivity contribution in [3.8, 4) is 5.75 Å². The lowest BCUT2D eigenvalue weighted by Gasteiger charge is -2.13. The second-order valence-corrected chi connectivity index (χ2v) is 7.73. The molecule has 0 unspecified atom stereocenters. The number of carbonyl (C=O) groups is 1. The quantitative estimate of drug-likeness (QED) is 0.737. The fourth-order valence-electron chi connectivity index (χ4n) is 2.56. The van der Waals surface area contributed by atoms with Gasteiger partial charge in [-0.2, -0.15) is 0 Å². The Kier molecular flexibility index (Phi) is 6.76. The first-order valence-electron chi connectivity index (χ1n) is 8.29. The second-order valence-electron chi connectivity index (χ2n) is 6.00. The van der Waals surface area contributed by atoms with Crippen molar-refractivity contribution in [3.05, 3.63) is 59.2 Å². The van der Waals surface area contributed by atoms with Gasteiger partial charge < -0.3 is 10.1 Å². The summed E-state index contributed by atoms with van der Waals surface area (Å²) >= 11 is 0. The number of methoxy groups -OCH3 is 1. The molecular weight excluding hydrogens is 352 g/mol. The number of amides is 1. The van der Waals surface area contributed by atoms with E-state index in [2.05, 4.69) is 10.0 Å². The Bertz CT molecular complexity index is 865. The Morgan fingerprint density at radius 1 is 1.08 bits per heavy atom. The number of hydrogen-bond donors (Lipinski definition) is 2. The summed E-state index contributed by atoms with van der Waals surface area (Å²) in [4.78, 5) is 12.1. The van der Waals surface area contributed by atoms with Crippen LogP contribution in [0.3, 0.4) is 0 Å². The number of carbonyl (C=O) groups excluding carboxylic acids is 1. The lowest BCUT2D eigenvalue weighted by Crippen LogP contribution is -2.37. The molecule has 140 valence electrons. The van der Waals surface area contributed by atoms with Crippen molar-refractivity contribution in [3.63, 3.8) is 0 Å². The third-order valence-corrected chi connectivity index (χ3v) is 5.53. The minimum atomic E-state index is -3.78. The Morgan fingerprint density at radius 2 is 1.77 bits per heavy atom. The maximum atomic E-state index is 12.5. The molecule has 0 fully saturated rings. The van der Waals surface area contributed by atoms with Crippen molar-refractivity contribution in [2.24, 2.45) is 0 Å². The summed E-state index contributed by atoms with van der Waals surface area (Å²) in [5, 5.41) is 2.71. The Morgan fingerprint density at radius 3 is 2.42 bits per heavy atom. The standard InChI is InChI=1S/C19H24N2O4S/c1-14-12-18(15(2)11-17(14)25-3)26(23,24)21-13-19(22)20-10-9-16-7-5-4-6-8-16/h4-8,11-12,21H,9-10,13H2,1-3H3,(H,20,22). The highest BCUT2D eigenvalue weighted by molar-refractivity contribution is 7.89. The molecule has 0 aliphatic rings. The van der Waals surface area contributed by atoms with Gasteiger partial charge in [-0.25, -0.2) is 13.1 Å². The molecule has 2 aromatic carbocycles. The third kappa shape index (κ3) is 5.31. The molecule has 6 nitrogen and oxygen atoms in total. The zero-order valence-electron chi connectivity index (χ0n) is 15.2. The molecule has 0 atom stereocenters. The van der Waals surface area contributed by atoms with Gasteiger partial charge in [0.2, 0.25) is 15.9 Å². The van der Waals surface area contributed by atoms with Crippen molar-refractivity contribution in [2.75, 3.05) is 20.2 Å². The van der Waals surface area contributed by atoms with Crippen LogP contribution < -0.4 is 14.8 Å². The molecule has 7 heteroatoms. The number of sulfonamides is 1. The Balaban J connectivity index is 1.91. The molecule has 0 spiro atoms. The number of rotatable bonds is 8. The summed E-state index contributed by atoms with van der Waals surface area (Å²) in [5.41, 5.74) is 2.38. The SMILES string of the molecule is COc1cc(C)c(S(=O)(=O)NCC(=O)NCCc2ccccc2)cc1C. The van der Waals surface area contributed by atoms with E-state index in [0.29, 0.717) is 29.8 Å². The van der Waals surface area contributed by atoms with Crippen LogP contribution in [-0.4, -0.2) is 34.5 Å². The molecule has 0 saturated heterocycles. The monoisotopic (exact) mass is 376 g/mol. The summed E-state index contributed by atoms with van der Waals surface area (Å²) in [6.45, 7) is 3.61. The van der Waals surface area contributed by atoms with Crippen molar-refractivity contribution >= 4 is 15.9 Å². The Labute approximate surface area is 154 Å². The van der Waals surface area contributed by atoms with Gasteiger partial charge in [-0.15, -0.1) is 0 Å². The highest BCUT2D eigenvalue weighted by atomic mass is 32.2. The van der Waals surface area contributed by atoms with Crippen molar-refractivity contribution in [1.29, 1.82) is 0 Å². The predicted octanol–water partition coefficient (Wildman–Crippen LogP) is 1.95. The first kappa shape index (κ1) is 19.9. The van der Waals surface area contributed by atoms with Crippen LogP contribution in [0.1, 0.15) is 16.7 Å². The number of aryl methyl sites for hydroxylation is 2. The van der Waals surface area contributed by atoms with Crippen LogP contribution >= 0.6 is 0 Å². The Hall–Kier alpha value is -2.38. The average molecular weight is 376 g/mol. The van der Waals surface area contributed by atoms with E-state index in [1.165, 1.54) is 7.11 Å². The number of hydrogen-bond acceptors (Lipinski definition) is 4. The molecule has 0 radical (unpaired) electrons. The van der Waals surface area contributed by atoms with Gasteiger partial charge in [0.05, 0.1) is 18.6 Å². The largest absolute Gasteiger partial charge is 0.496 e. The third-order valence-electron chi connectivity index (χ3n) is 3.98. The summed E-state index contributed by atoms with van der Waals surface area (Å²) < 4.78 is 32.5. The van der Waals surface area contributed by atoms with E-state index in [0.717, 1.165) is 5.56 Å².